The zero-order valence-electron chi connectivity index (χ0n) is 10.9. The van der Waals surface area contributed by atoms with Gasteiger partial charge in [0.2, 0.25) is 0 Å². The first kappa shape index (κ1) is 15.2. The molecule has 1 N–H and O–H groups in total. The topological polar surface area (TPSA) is 89.3 Å². The van der Waals surface area contributed by atoms with Gasteiger partial charge in [0.1, 0.15) is 0 Å². The summed E-state index contributed by atoms with van der Waals surface area (Å²) in [5, 5.41) is 14.3. The van der Waals surface area contributed by atoms with Crippen molar-refractivity contribution in [3.8, 4) is 0 Å². The summed E-state index contributed by atoms with van der Waals surface area (Å²) in [5.74, 6) is 0.242. The van der Waals surface area contributed by atoms with Crippen molar-refractivity contribution in [2.75, 3.05) is 11.5 Å². The highest BCUT2D eigenvalue weighted by molar-refractivity contribution is 7.91. The molecular formula is C12H15ClN2O4S. The standard InChI is InChI=1S/C12H15ClN2O4S/c1-12(4-5-20(18,19)8-12)14-7-9-6-10(15(16)17)2-3-11(9)13/h2-3,6,14H,4-5,7-8H2,1H3. The third-order valence-electron chi connectivity index (χ3n) is 3.45. The molecule has 0 spiro atoms. The lowest BCUT2D eigenvalue weighted by Gasteiger charge is -2.24. The van der Waals surface area contributed by atoms with Crippen molar-refractivity contribution in [3.63, 3.8) is 0 Å². The smallest absolute Gasteiger partial charge is 0.269 e. The molecule has 0 amide bonds. The minimum atomic E-state index is -2.99. The van der Waals surface area contributed by atoms with Crippen LogP contribution in [0.4, 0.5) is 5.69 Å². The lowest BCUT2D eigenvalue weighted by atomic mass is 10.0. The van der Waals surface area contributed by atoms with E-state index in [1.807, 2.05) is 6.92 Å². The number of benzene rings is 1. The van der Waals surface area contributed by atoms with Crippen LogP contribution in [0.25, 0.3) is 0 Å². The van der Waals surface area contributed by atoms with E-state index < -0.39 is 20.3 Å². The molecule has 1 unspecified atom stereocenters. The van der Waals surface area contributed by atoms with E-state index in [-0.39, 0.29) is 17.2 Å². The highest BCUT2D eigenvalue weighted by Crippen LogP contribution is 2.26. The van der Waals surface area contributed by atoms with Gasteiger partial charge in [-0.25, -0.2) is 8.42 Å². The number of rotatable bonds is 4. The van der Waals surface area contributed by atoms with Crippen molar-refractivity contribution >= 4 is 27.1 Å². The van der Waals surface area contributed by atoms with Gasteiger partial charge in [-0.15, -0.1) is 0 Å². The molecule has 0 aromatic heterocycles. The molecule has 1 aliphatic heterocycles. The Morgan fingerprint density at radius 2 is 2.20 bits per heavy atom. The summed E-state index contributed by atoms with van der Waals surface area (Å²) in [4.78, 5) is 10.3. The molecule has 1 aromatic rings. The second kappa shape index (κ2) is 5.31. The fourth-order valence-electron chi connectivity index (χ4n) is 2.27. The van der Waals surface area contributed by atoms with Gasteiger partial charge >= 0.3 is 0 Å². The first-order valence-electron chi connectivity index (χ1n) is 6.09. The van der Waals surface area contributed by atoms with Gasteiger partial charge in [-0.05, 0) is 25.0 Å². The van der Waals surface area contributed by atoms with Crippen LogP contribution in [0.15, 0.2) is 18.2 Å². The van der Waals surface area contributed by atoms with E-state index in [0.29, 0.717) is 23.6 Å². The number of hydrogen-bond donors (Lipinski definition) is 1. The van der Waals surface area contributed by atoms with Gasteiger partial charge in [0, 0.05) is 29.2 Å². The largest absolute Gasteiger partial charge is 0.306 e. The number of nitrogens with zero attached hydrogens (tertiary/aromatic N) is 1. The van der Waals surface area contributed by atoms with E-state index in [4.69, 9.17) is 11.6 Å². The SMILES string of the molecule is CC1(NCc2cc([N+](=O)[O-])ccc2Cl)CCS(=O)(=O)C1. The molecule has 1 atom stereocenters. The summed E-state index contributed by atoms with van der Waals surface area (Å²) < 4.78 is 23.0. The molecule has 1 heterocycles. The molecule has 1 aliphatic rings. The van der Waals surface area contributed by atoms with Crippen molar-refractivity contribution in [2.45, 2.75) is 25.4 Å². The summed E-state index contributed by atoms with van der Waals surface area (Å²) in [6, 6.07) is 4.22. The van der Waals surface area contributed by atoms with Gasteiger partial charge in [0.15, 0.2) is 9.84 Å². The van der Waals surface area contributed by atoms with E-state index in [9.17, 15) is 18.5 Å². The number of sulfone groups is 1. The molecule has 20 heavy (non-hydrogen) atoms. The van der Waals surface area contributed by atoms with Gasteiger partial charge in [-0.3, -0.25) is 10.1 Å². The fourth-order valence-corrected chi connectivity index (χ4v) is 4.58. The normalized spacial score (nSPS) is 24.7. The Bertz CT molecular complexity index is 647. The predicted molar refractivity (Wildman–Crippen MR) is 76.6 cm³/mol. The van der Waals surface area contributed by atoms with Crippen molar-refractivity contribution in [2.24, 2.45) is 0 Å². The second-order valence-corrected chi connectivity index (χ2v) is 7.88. The minimum Gasteiger partial charge on any atom is -0.306 e. The Morgan fingerprint density at radius 3 is 2.75 bits per heavy atom. The van der Waals surface area contributed by atoms with Crippen molar-refractivity contribution in [1.82, 2.24) is 5.32 Å². The number of non-ortho nitro benzene ring substituents is 1. The third-order valence-corrected chi connectivity index (χ3v) is 5.72. The highest BCUT2D eigenvalue weighted by Gasteiger charge is 2.37. The van der Waals surface area contributed by atoms with Crippen LogP contribution in [-0.4, -0.2) is 30.4 Å². The van der Waals surface area contributed by atoms with E-state index in [1.54, 1.807) is 0 Å². The number of nitro benzene ring substituents is 1. The lowest BCUT2D eigenvalue weighted by molar-refractivity contribution is -0.384. The monoisotopic (exact) mass is 318 g/mol. The number of nitro groups is 1. The Labute approximate surface area is 122 Å². The van der Waals surface area contributed by atoms with Crippen LogP contribution in [0.5, 0.6) is 0 Å². The zero-order valence-corrected chi connectivity index (χ0v) is 12.5. The molecule has 2 rings (SSSR count). The average molecular weight is 319 g/mol. The Hall–Kier alpha value is -1.18. The first-order valence-corrected chi connectivity index (χ1v) is 8.29. The quantitative estimate of drug-likeness (QED) is 0.676. The van der Waals surface area contributed by atoms with Gasteiger partial charge < -0.3 is 5.32 Å². The molecule has 0 bridgehead atoms. The lowest BCUT2D eigenvalue weighted by Crippen LogP contribution is -2.42. The summed E-state index contributed by atoms with van der Waals surface area (Å²) >= 11 is 6.01. The Morgan fingerprint density at radius 1 is 1.50 bits per heavy atom. The predicted octanol–water partition coefficient (Wildman–Crippen LogP) is 1.92. The molecule has 6 nitrogen and oxygen atoms in total. The molecule has 1 fully saturated rings. The summed E-state index contributed by atoms with van der Waals surface area (Å²) in [7, 11) is -2.99. The molecule has 1 saturated heterocycles. The Balaban J connectivity index is 2.11. The molecule has 0 radical (unpaired) electrons. The van der Waals surface area contributed by atoms with Crippen LogP contribution < -0.4 is 5.32 Å². The summed E-state index contributed by atoms with van der Waals surface area (Å²) in [6.07, 6.45) is 0.530. The average Bonchev–Trinajstić information content (AvgIpc) is 2.63. The zero-order chi connectivity index (χ0) is 15.0. The number of hydrogen-bond acceptors (Lipinski definition) is 5. The van der Waals surface area contributed by atoms with Gasteiger partial charge in [0.05, 0.1) is 16.4 Å². The van der Waals surface area contributed by atoms with Crippen LogP contribution in [0.1, 0.15) is 18.9 Å². The molecule has 0 aliphatic carbocycles. The maximum Gasteiger partial charge on any atom is 0.269 e. The van der Waals surface area contributed by atoms with Crippen LogP contribution in [0.3, 0.4) is 0 Å². The third kappa shape index (κ3) is 3.47. The van der Waals surface area contributed by atoms with E-state index >= 15 is 0 Å². The molecular weight excluding hydrogens is 304 g/mol. The van der Waals surface area contributed by atoms with Crippen LogP contribution >= 0.6 is 11.6 Å². The maximum atomic E-state index is 11.5. The minimum absolute atomic E-state index is 0.0320. The van der Waals surface area contributed by atoms with Gasteiger partial charge in [-0.1, -0.05) is 11.6 Å². The summed E-state index contributed by atoms with van der Waals surface area (Å²) in [6.45, 7) is 2.13. The van der Waals surface area contributed by atoms with Gasteiger partial charge in [0.25, 0.3) is 5.69 Å². The Kier molecular flexibility index (Phi) is 4.04. The number of nitrogens with one attached hydrogen (secondary N) is 1. The van der Waals surface area contributed by atoms with E-state index in [0.717, 1.165) is 0 Å². The molecule has 110 valence electrons. The van der Waals surface area contributed by atoms with Crippen LogP contribution in [0.2, 0.25) is 5.02 Å². The first-order chi connectivity index (χ1) is 9.21. The van der Waals surface area contributed by atoms with E-state index in [2.05, 4.69) is 5.32 Å². The van der Waals surface area contributed by atoms with Gasteiger partial charge in [-0.2, -0.15) is 0 Å². The van der Waals surface area contributed by atoms with E-state index in [1.165, 1.54) is 18.2 Å². The highest BCUT2D eigenvalue weighted by atomic mass is 35.5. The molecule has 8 heteroatoms. The van der Waals surface area contributed by atoms with Crippen LogP contribution in [-0.2, 0) is 16.4 Å². The van der Waals surface area contributed by atoms with Crippen LogP contribution in [0, 0.1) is 10.1 Å². The molecule has 0 saturated carbocycles. The second-order valence-electron chi connectivity index (χ2n) is 5.29. The maximum absolute atomic E-state index is 11.5. The summed E-state index contributed by atoms with van der Waals surface area (Å²) in [5.41, 5.74) is 0.0501. The fraction of sp³-hybridized carbons (Fsp3) is 0.500. The van der Waals surface area contributed by atoms with Crippen molar-refractivity contribution < 1.29 is 13.3 Å². The van der Waals surface area contributed by atoms with Crippen molar-refractivity contribution in [1.29, 1.82) is 0 Å². The van der Waals surface area contributed by atoms with Crippen molar-refractivity contribution in [3.05, 3.63) is 38.9 Å². The number of halogens is 1. The molecule has 1 aromatic carbocycles.